The van der Waals surface area contributed by atoms with Crippen molar-refractivity contribution in [2.45, 2.75) is 26.9 Å². The van der Waals surface area contributed by atoms with Crippen LogP contribution < -0.4 is 0 Å². The number of ketones is 2. The summed E-state index contributed by atoms with van der Waals surface area (Å²) in [5, 5.41) is 1.78. The van der Waals surface area contributed by atoms with Gasteiger partial charge in [0.05, 0.1) is 28.8 Å². The molecule has 0 aliphatic rings. The van der Waals surface area contributed by atoms with Crippen molar-refractivity contribution in [3.05, 3.63) is 80.3 Å². The van der Waals surface area contributed by atoms with Crippen molar-refractivity contribution in [2.75, 3.05) is 7.11 Å². The molecule has 0 saturated carbocycles. The second kappa shape index (κ2) is 9.09. The molecule has 0 aliphatic carbocycles. The summed E-state index contributed by atoms with van der Waals surface area (Å²) in [6, 6.07) is 9.74. The second-order valence-electron chi connectivity index (χ2n) is 6.88. The summed E-state index contributed by atoms with van der Waals surface area (Å²) in [5.74, 6) is -2.13. The third-order valence-corrected chi connectivity index (χ3v) is 5.73. The number of aryl methyl sites for hydroxylation is 1. The molecule has 0 spiro atoms. The highest BCUT2D eigenvalue weighted by Crippen LogP contribution is 2.22. The van der Waals surface area contributed by atoms with E-state index in [9.17, 15) is 19.2 Å². The molecule has 1 atom stereocenters. The number of ether oxygens (including phenoxy) is 2. The summed E-state index contributed by atoms with van der Waals surface area (Å²) in [6.45, 7) is 4.71. The van der Waals surface area contributed by atoms with Crippen LogP contribution in [-0.4, -0.2) is 41.7 Å². The third kappa shape index (κ3) is 4.34. The number of thiophene rings is 1. The van der Waals surface area contributed by atoms with Gasteiger partial charge >= 0.3 is 11.9 Å². The highest BCUT2D eigenvalue weighted by molar-refractivity contribution is 7.12. The Morgan fingerprint density at radius 1 is 0.968 bits per heavy atom. The number of Topliss-reactive ketones (excluding diaryl/α,β-unsaturated/α-hetero) is 1. The summed E-state index contributed by atoms with van der Waals surface area (Å²) in [7, 11) is 1.26. The van der Waals surface area contributed by atoms with E-state index in [4.69, 9.17) is 9.47 Å². The molecule has 2 aromatic heterocycles. The first-order chi connectivity index (χ1) is 14.8. The SMILES string of the molecule is COC(=O)c1c(C)[nH]c(C(=O)[C@@H](C)OC(=O)c2ccccc2C(=O)c2cccs2)c1C. The molecule has 0 aliphatic heterocycles. The lowest BCUT2D eigenvalue weighted by Crippen LogP contribution is -2.26. The van der Waals surface area contributed by atoms with Crippen molar-refractivity contribution in [1.29, 1.82) is 0 Å². The van der Waals surface area contributed by atoms with E-state index in [-0.39, 0.29) is 28.2 Å². The van der Waals surface area contributed by atoms with Crippen LogP contribution in [0.4, 0.5) is 0 Å². The average Bonchev–Trinajstić information content (AvgIpc) is 3.40. The first kappa shape index (κ1) is 22.2. The Morgan fingerprint density at radius 2 is 1.65 bits per heavy atom. The predicted octanol–water partition coefficient (Wildman–Crippen LogP) is 4.14. The number of methoxy groups -OCH3 is 1. The Hall–Kier alpha value is -3.52. The molecular weight excluding hydrogens is 418 g/mol. The molecule has 0 radical (unpaired) electrons. The molecule has 7 nitrogen and oxygen atoms in total. The number of H-pyrrole nitrogens is 1. The van der Waals surface area contributed by atoms with Crippen LogP contribution in [-0.2, 0) is 9.47 Å². The molecule has 3 aromatic rings. The van der Waals surface area contributed by atoms with Crippen molar-refractivity contribution < 1.29 is 28.7 Å². The van der Waals surface area contributed by atoms with Gasteiger partial charge in [-0.1, -0.05) is 24.3 Å². The van der Waals surface area contributed by atoms with Gasteiger partial charge in [-0.25, -0.2) is 9.59 Å². The molecule has 2 heterocycles. The van der Waals surface area contributed by atoms with E-state index < -0.39 is 23.8 Å². The summed E-state index contributed by atoms with van der Waals surface area (Å²) < 4.78 is 10.1. The Morgan fingerprint density at radius 3 is 2.26 bits per heavy atom. The number of carbonyl (C=O) groups is 4. The zero-order chi connectivity index (χ0) is 22.7. The van der Waals surface area contributed by atoms with Gasteiger partial charge in [0.15, 0.2) is 6.10 Å². The van der Waals surface area contributed by atoms with Crippen LogP contribution >= 0.6 is 11.3 Å². The van der Waals surface area contributed by atoms with Crippen LogP contribution in [0, 0.1) is 13.8 Å². The summed E-state index contributed by atoms with van der Waals surface area (Å²) in [5.41, 5.74) is 1.63. The van der Waals surface area contributed by atoms with E-state index in [0.29, 0.717) is 16.1 Å². The number of nitrogens with one attached hydrogen (secondary N) is 1. The standard InChI is InChI=1S/C23H21NO6S/c1-12-18(23(28)29-4)13(2)24-19(12)20(25)14(3)30-22(27)16-9-6-5-8-15(16)21(26)17-10-7-11-31-17/h5-11,14,24H,1-4H3/t14-/m1/s1. The first-order valence-electron chi connectivity index (χ1n) is 9.46. The van der Waals surface area contributed by atoms with Gasteiger partial charge in [0, 0.05) is 11.3 Å². The van der Waals surface area contributed by atoms with Crippen LogP contribution in [0.15, 0.2) is 41.8 Å². The number of hydrogen-bond donors (Lipinski definition) is 1. The van der Waals surface area contributed by atoms with Crippen molar-refractivity contribution >= 4 is 34.8 Å². The van der Waals surface area contributed by atoms with Crippen LogP contribution in [0.25, 0.3) is 0 Å². The Balaban J connectivity index is 1.83. The maximum Gasteiger partial charge on any atom is 0.339 e. The molecule has 0 bridgehead atoms. The number of rotatable bonds is 7. The van der Waals surface area contributed by atoms with Gasteiger partial charge in [0.25, 0.3) is 0 Å². The predicted molar refractivity (Wildman–Crippen MR) is 115 cm³/mol. The highest BCUT2D eigenvalue weighted by Gasteiger charge is 2.28. The minimum Gasteiger partial charge on any atom is -0.465 e. The number of esters is 2. The number of aromatic amines is 1. The van der Waals surface area contributed by atoms with E-state index in [1.807, 2.05) is 0 Å². The van der Waals surface area contributed by atoms with Crippen LogP contribution in [0.3, 0.4) is 0 Å². The van der Waals surface area contributed by atoms with E-state index in [1.54, 1.807) is 49.6 Å². The van der Waals surface area contributed by atoms with Gasteiger partial charge in [0.1, 0.15) is 0 Å². The van der Waals surface area contributed by atoms with Crippen molar-refractivity contribution in [2.24, 2.45) is 0 Å². The zero-order valence-corrected chi connectivity index (χ0v) is 18.3. The fourth-order valence-electron chi connectivity index (χ4n) is 3.29. The topological polar surface area (TPSA) is 103 Å². The lowest BCUT2D eigenvalue weighted by Gasteiger charge is -2.14. The largest absolute Gasteiger partial charge is 0.465 e. The number of hydrogen-bond acceptors (Lipinski definition) is 7. The van der Waals surface area contributed by atoms with Gasteiger partial charge < -0.3 is 14.5 Å². The van der Waals surface area contributed by atoms with Crippen LogP contribution in [0.1, 0.15) is 64.6 Å². The fourth-order valence-corrected chi connectivity index (χ4v) is 3.96. The molecular formula is C23H21NO6S. The summed E-state index contributed by atoms with van der Waals surface area (Å²) >= 11 is 1.27. The second-order valence-corrected chi connectivity index (χ2v) is 7.83. The molecule has 1 aromatic carbocycles. The minimum atomic E-state index is -1.14. The van der Waals surface area contributed by atoms with Gasteiger partial charge in [-0.3, -0.25) is 9.59 Å². The monoisotopic (exact) mass is 439 g/mol. The fraction of sp³-hybridized carbons (Fsp3) is 0.217. The molecule has 0 fully saturated rings. The Labute approximate surface area is 183 Å². The maximum absolute atomic E-state index is 12.9. The maximum atomic E-state index is 12.9. The van der Waals surface area contributed by atoms with E-state index in [2.05, 4.69) is 4.98 Å². The average molecular weight is 439 g/mol. The minimum absolute atomic E-state index is 0.0789. The van der Waals surface area contributed by atoms with Gasteiger partial charge in [0.2, 0.25) is 11.6 Å². The van der Waals surface area contributed by atoms with E-state index in [1.165, 1.54) is 31.4 Å². The van der Waals surface area contributed by atoms with Crippen LogP contribution in [0.2, 0.25) is 0 Å². The zero-order valence-electron chi connectivity index (χ0n) is 17.5. The summed E-state index contributed by atoms with van der Waals surface area (Å²) in [4.78, 5) is 53.7. The van der Waals surface area contributed by atoms with Crippen molar-refractivity contribution in [3.8, 4) is 0 Å². The van der Waals surface area contributed by atoms with Gasteiger partial charge in [-0.05, 0) is 43.8 Å². The van der Waals surface area contributed by atoms with Gasteiger partial charge in [-0.2, -0.15) is 0 Å². The van der Waals surface area contributed by atoms with Crippen LogP contribution in [0.5, 0.6) is 0 Å². The first-order valence-corrected chi connectivity index (χ1v) is 10.3. The van der Waals surface area contributed by atoms with E-state index in [0.717, 1.165) is 0 Å². The van der Waals surface area contributed by atoms with E-state index >= 15 is 0 Å². The molecule has 0 saturated heterocycles. The lowest BCUT2D eigenvalue weighted by atomic mass is 10.0. The highest BCUT2D eigenvalue weighted by atomic mass is 32.1. The van der Waals surface area contributed by atoms with Crippen molar-refractivity contribution in [3.63, 3.8) is 0 Å². The molecule has 8 heteroatoms. The van der Waals surface area contributed by atoms with Crippen molar-refractivity contribution in [1.82, 2.24) is 4.98 Å². The third-order valence-electron chi connectivity index (χ3n) is 4.86. The number of aromatic nitrogens is 1. The molecule has 160 valence electrons. The number of benzene rings is 1. The smallest absolute Gasteiger partial charge is 0.339 e. The Kier molecular flexibility index (Phi) is 6.50. The molecule has 31 heavy (non-hydrogen) atoms. The molecule has 0 amide bonds. The van der Waals surface area contributed by atoms with Gasteiger partial charge in [-0.15, -0.1) is 11.3 Å². The number of carbonyl (C=O) groups excluding carboxylic acids is 4. The molecule has 1 N–H and O–H groups in total. The summed E-state index contributed by atoms with van der Waals surface area (Å²) in [6.07, 6.45) is -1.14. The molecule has 0 unspecified atom stereocenters. The Bertz CT molecular complexity index is 1160. The lowest BCUT2D eigenvalue weighted by molar-refractivity contribution is 0.0315. The molecule has 3 rings (SSSR count). The quantitative estimate of drug-likeness (QED) is 0.438. The normalized spacial score (nSPS) is 11.6.